The van der Waals surface area contributed by atoms with Gasteiger partial charge >= 0.3 is 0 Å². The smallest absolute Gasteiger partial charge is 0.0521 e. The predicted octanol–water partition coefficient (Wildman–Crippen LogP) is 2.52. The molecule has 1 aliphatic rings. The van der Waals surface area contributed by atoms with Crippen molar-refractivity contribution in [1.29, 1.82) is 0 Å². The van der Waals surface area contributed by atoms with Gasteiger partial charge in [-0.3, -0.25) is 0 Å². The highest BCUT2D eigenvalue weighted by molar-refractivity contribution is 5.14. The van der Waals surface area contributed by atoms with Crippen LogP contribution in [0.1, 0.15) is 25.3 Å². The van der Waals surface area contributed by atoms with Crippen LogP contribution in [0.2, 0.25) is 0 Å². The second-order valence-corrected chi connectivity index (χ2v) is 5.87. The van der Waals surface area contributed by atoms with E-state index in [1.54, 1.807) is 0 Å². The molecular weight excluding hydrogens is 248 g/mol. The highest BCUT2D eigenvalue weighted by Crippen LogP contribution is 2.17. The summed E-state index contributed by atoms with van der Waals surface area (Å²) in [5.74, 6) is 0.601. The van der Waals surface area contributed by atoms with Crippen LogP contribution in [0.5, 0.6) is 0 Å². The number of hydrogen-bond donors (Lipinski definition) is 1. The van der Waals surface area contributed by atoms with E-state index in [1.807, 2.05) is 0 Å². The zero-order valence-corrected chi connectivity index (χ0v) is 12.8. The molecule has 0 aliphatic carbocycles. The van der Waals surface area contributed by atoms with Gasteiger partial charge in [0.05, 0.1) is 6.61 Å². The Hall–Kier alpha value is -0.900. The Labute approximate surface area is 123 Å². The molecule has 0 spiro atoms. The summed E-state index contributed by atoms with van der Waals surface area (Å²) in [7, 11) is 2.21. The molecule has 3 nitrogen and oxygen atoms in total. The van der Waals surface area contributed by atoms with Gasteiger partial charge in [0.2, 0.25) is 0 Å². The summed E-state index contributed by atoms with van der Waals surface area (Å²) in [6.45, 7) is 7.24. The molecule has 1 aromatic rings. The summed E-state index contributed by atoms with van der Waals surface area (Å²) in [6.07, 6.45) is 2.34. The summed E-state index contributed by atoms with van der Waals surface area (Å²) in [5, 5.41) is 3.68. The molecule has 0 radical (unpaired) electrons. The van der Waals surface area contributed by atoms with Crippen molar-refractivity contribution < 1.29 is 4.74 Å². The van der Waals surface area contributed by atoms with Crippen LogP contribution in [0, 0.1) is 5.92 Å². The Balaban J connectivity index is 1.83. The van der Waals surface area contributed by atoms with Crippen LogP contribution in [0.25, 0.3) is 0 Å². The molecule has 1 aliphatic heterocycles. The van der Waals surface area contributed by atoms with E-state index in [0.29, 0.717) is 12.0 Å². The lowest BCUT2D eigenvalue weighted by Crippen LogP contribution is -2.47. The number of nitrogens with one attached hydrogen (secondary N) is 1. The van der Waals surface area contributed by atoms with E-state index in [4.69, 9.17) is 4.74 Å². The molecule has 1 aromatic carbocycles. The van der Waals surface area contributed by atoms with Gasteiger partial charge in [0.25, 0.3) is 0 Å². The van der Waals surface area contributed by atoms with Gasteiger partial charge in [-0.1, -0.05) is 37.3 Å². The minimum atomic E-state index is 0.601. The van der Waals surface area contributed by atoms with Gasteiger partial charge in [-0.15, -0.1) is 0 Å². The first-order valence-corrected chi connectivity index (χ1v) is 7.83. The summed E-state index contributed by atoms with van der Waals surface area (Å²) >= 11 is 0. The Morgan fingerprint density at radius 1 is 1.30 bits per heavy atom. The molecule has 0 bridgehead atoms. The lowest BCUT2D eigenvalue weighted by Gasteiger charge is -2.35. The average Bonchev–Trinajstić information content (AvgIpc) is 2.47. The van der Waals surface area contributed by atoms with Crippen molar-refractivity contribution >= 4 is 0 Å². The molecule has 2 unspecified atom stereocenters. The topological polar surface area (TPSA) is 24.5 Å². The molecule has 0 saturated carbocycles. The van der Waals surface area contributed by atoms with E-state index in [9.17, 15) is 0 Å². The van der Waals surface area contributed by atoms with Crippen LogP contribution in [0.4, 0.5) is 0 Å². The Kier molecular flexibility index (Phi) is 6.51. The maximum atomic E-state index is 5.68. The van der Waals surface area contributed by atoms with Crippen LogP contribution in [0.15, 0.2) is 30.3 Å². The number of rotatable bonds is 7. The number of nitrogens with zero attached hydrogens (tertiary/aromatic N) is 1. The quantitative estimate of drug-likeness (QED) is 0.828. The lowest BCUT2D eigenvalue weighted by molar-refractivity contribution is 0.0189. The minimum absolute atomic E-state index is 0.601. The molecule has 1 fully saturated rings. The van der Waals surface area contributed by atoms with Crippen LogP contribution in [0.3, 0.4) is 0 Å². The van der Waals surface area contributed by atoms with Gasteiger partial charge < -0.3 is 15.0 Å². The molecule has 112 valence electrons. The van der Waals surface area contributed by atoms with E-state index in [2.05, 4.69) is 54.5 Å². The zero-order chi connectivity index (χ0) is 14.2. The Morgan fingerprint density at radius 2 is 2.10 bits per heavy atom. The normalized spacial score (nSPS) is 23.1. The van der Waals surface area contributed by atoms with E-state index in [-0.39, 0.29) is 0 Å². The summed E-state index contributed by atoms with van der Waals surface area (Å²) in [5.41, 5.74) is 1.38. The Morgan fingerprint density at radius 3 is 2.85 bits per heavy atom. The van der Waals surface area contributed by atoms with Gasteiger partial charge in [-0.2, -0.15) is 0 Å². The maximum Gasteiger partial charge on any atom is 0.0521 e. The van der Waals surface area contributed by atoms with Crippen molar-refractivity contribution in [2.24, 2.45) is 5.92 Å². The first-order chi connectivity index (χ1) is 9.79. The van der Waals surface area contributed by atoms with Gasteiger partial charge in [0.1, 0.15) is 0 Å². The van der Waals surface area contributed by atoms with Gasteiger partial charge in [-0.25, -0.2) is 0 Å². The van der Waals surface area contributed by atoms with Crippen LogP contribution in [-0.4, -0.2) is 44.3 Å². The van der Waals surface area contributed by atoms with E-state index in [1.165, 1.54) is 12.0 Å². The third-order valence-electron chi connectivity index (χ3n) is 3.97. The third kappa shape index (κ3) is 4.89. The largest absolute Gasteiger partial charge is 0.381 e. The second kappa shape index (κ2) is 8.40. The predicted molar refractivity (Wildman–Crippen MR) is 83.8 cm³/mol. The van der Waals surface area contributed by atoms with Crippen molar-refractivity contribution in [2.45, 2.75) is 32.4 Å². The van der Waals surface area contributed by atoms with Crippen molar-refractivity contribution in [3.05, 3.63) is 35.9 Å². The van der Waals surface area contributed by atoms with Crippen LogP contribution >= 0.6 is 0 Å². The van der Waals surface area contributed by atoms with Crippen LogP contribution < -0.4 is 5.32 Å². The highest BCUT2D eigenvalue weighted by atomic mass is 16.5. The molecule has 2 atom stereocenters. The first-order valence-electron chi connectivity index (χ1n) is 7.83. The number of benzene rings is 1. The van der Waals surface area contributed by atoms with Gasteiger partial charge in [-0.05, 0) is 32.0 Å². The number of ether oxygens (including phenoxy) is 1. The summed E-state index contributed by atoms with van der Waals surface area (Å²) in [6, 6.07) is 11.3. The minimum Gasteiger partial charge on any atom is -0.381 e. The van der Waals surface area contributed by atoms with E-state index < -0.39 is 0 Å². The average molecular weight is 276 g/mol. The van der Waals surface area contributed by atoms with Crippen LogP contribution in [-0.2, 0) is 11.3 Å². The van der Waals surface area contributed by atoms with Gasteiger partial charge in [0, 0.05) is 31.7 Å². The van der Waals surface area contributed by atoms with E-state index >= 15 is 0 Å². The van der Waals surface area contributed by atoms with Crippen molar-refractivity contribution in [3.8, 4) is 0 Å². The summed E-state index contributed by atoms with van der Waals surface area (Å²) in [4.78, 5) is 2.41. The second-order valence-electron chi connectivity index (χ2n) is 5.87. The molecule has 2 rings (SSSR count). The number of hydrogen-bond acceptors (Lipinski definition) is 3. The van der Waals surface area contributed by atoms with E-state index in [0.717, 1.165) is 39.3 Å². The fourth-order valence-electron chi connectivity index (χ4n) is 2.94. The van der Waals surface area contributed by atoms with Gasteiger partial charge in [0.15, 0.2) is 0 Å². The SMILES string of the molecule is CCCNC1CCOCC1CN(C)Cc1ccccc1. The lowest BCUT2D eigenvalue weighted by atomic mass is 9.95. The fourth-order valence-corrected chi connectivity index (χ4v) is 2.94. The monoisotopic (exact) mass is 276 g/mol. The first kappa shape index (κ1) is 15.5. The Bertz CT molecular complexity index is 369. The maximum absolute atomic E-state index is 5.68. The molecule has 1 heterocycles. The highest BCUT2D eigenvalue weighted by Gasteiger charge is 2.26. The molecule has 0 aromatic heterocycles. The fraction of sp³-hybridized carbons (Fsp3) is 0.647. The van der Waals surface area contributed by atoms with Crippen molar-refractivity contribution in [3.63, 3.8) is 0 Å². The molecule has 1 saturated heterocycles. The van der Waals surface area contributed by atoms with Crippen molar-refractivity contribution in [1.82, 2.24) is 10.2 Å². The molecule has 0 amide bonds. The molecule has 3 heteroatoms. The zero-order valence-electron chi connectivity index (χ0n) is 12.8. The molecule has 20 heavy (non-hydrogen) atoms. The standard InChI is InChI=1S/C17H28N2O/c1-3-10-18-17-9-11-20-14-16(17)13-19(2)12-15-7-5-4-6-8-15/h4-8,16-18H,3,9-14H2,1-2H3. The summed E-state index contributed by atoms with van der Waals surface area (Å²) < 4.78 is 5.68. The third-order valence-corrected chi connectivity index (χ3v) is 3.97. The molecular formula is C17H28N2O. The van der Waals surface area contributed by atoms with Crippen molar-refractivity contribution in [2.75, 3.05) is 33.4 Å². The molecule has 1 N–H and O–H groups in total.